The van der Waals surface area contributed by atoms with Crippen LogP contribution in [0.5, 0.6) is 0 Å². The second-order valence-electron chi connectivity index (χ2n) is 6.08. The van der Waals surface area contributed by atoms with Gasteiger partial charge in [-0.05, 0) is 33.6 Å². The number of anilines is 3. The first kappa shape index (κ1) is 18.3. The molecule has 1 aromatic carbocycles. The van der Waals surface area contributed by atoms with Crippen molar-refractivity contribution in [2.45, 2.75) is 6.04 Å². The van der Waals surface area contributed by atoms with Crippen LogP contribution in [0, 0.1) is 22.8 Å². The topological polar surface area (TPSA) is 167 Å². The lowest BCUT2D eigenvalue weighted by Crippen LogP contribution is -2.32. The average Bonchev–Trinajstić information content (AvgIpc) is 3.22. The molecule has 0 saturated carbocycles. The number of rotatable bonds is 2. The van der Waals surface area contributed by atoms with Gasteiger partial charge in [0.1, 0.15) is 29.3 Å². The van der Waals surface area contributed by atoms with Crippen LogP contribution >= 0.6 is 15.9 Å². The lowest BCUT2D eigenvalue weighted by Gasteiger charge is -2.26. The van der Waals surface area contributed by atoms with Crippen molar-refractivity contribution in [1.29, 1.82) is 10.5 Å². The molecule has 10 nitrogen and oxygen atoms in total. The van der Waals surface area contributed by atoms with Crippen LogP contribution in [0.25, 0.3) is 5.69 Å². The molecule has 4 rings (SSSR count). The summed E-state index contributed by atoms with van der Waals surface area (Å²) in [6, 6.07) is 7.07. The average molecular weight is 449 g/mol. The van der Waals surface area contributed by atoms with E-state index in [2.05, 4.69) is 41.5 Å². The fraction of sp³-hybridized carbons (Fsp3) is 0.0556. The number of guanidine groups is 1. The molecule has 0 spiro atoms. The minimum atomic E-state index is -0.601. The Hall–Kier alpha value is -4.09. The Balaban J connectivity index is 1.88. The largest absolute Gasteiger partial charge is 0.397 e. The highest BCUT2D eigenvalue weighted by Crippen LogP contribution is 2.41. The lowest BCUT2D eigenvalue weighted by atomic mass is 9.95. The van der Waals surface area contributed by atoms with Crippen molar-refractivity contribution < 1.29 is 0 Å². The first-order valence-electron chi connectivity index (χ1n) is 8.30. The van der Waals surface area contributed by atoms with Crippen molar-refractivity contribution in [2.75, 3.05) is 16.8 Å². The number of nitriles is 2. The molecular weight excluding hydrogens is 436 g/mol. The van der Waals surface area contributed by atoms with Gasteiger partial charge in [-0.15, -0.1) is 0 Å². The van der Waals surface area contributed by atoms with Crippen LogP contribution in [0.1, 0.15) is 22.7 Å². The number of nitrogens with zero attached hydrogens (tertiary/aromatic N) is 6. The van der Waals surface area contributed by atoms with E-state index in [4.69, 9.17) is 16.7 Å². The van der Waals surface area contributed by atoms with Crippen LogP contribution in [-0.4, -0.2) is 20.5 Å². The van der Waals surface area contributed by atoms with Crippen LogP contribution < -0.4 is 22.1 Å². The Morgan fingerprint density at radius 3 is 2.76 bits per heavy atom. The zero-order valence-electron chi connectivity index (χ0n) is 14.8. The number of halogens is 1. The van der Waals surface area contributed by atoms with E-state index in [0.717, 1.165) is 15.7 Å². The number of nitrogen functional groups attached to an aromatic ring is 2. The van der Waals surface area contributed by atoms with Crippen LogP contribution in [0.2, 0.25) is 0 Å². The summed E-state index contributed by atoms with van der Waals surface area (Å²) < 4.78 is 2.67. The minimum absolute atomic E-state index is 0.00449. The molecule has 0 radical (unpaired) electrons. The first-order valence-corrected chi connectivity index (χ1v) is 9.09. The molecule has 2 aromatic heterocycles. The standard InChI is InChI=1S/C18H13BrN10/c19-11-5-9(1-2-12(11)29-4-3-24-8-29)15-13-14(22)10(6-20)16(23)27-17(13)28-18(26-15)25-7-21/h1-5,8,15H,(H6,22,23,25,26,27,28). The smallest absolute Gasteiger partial charge is 0.211 e. The third kappa shape index (κ3) is 3.09. The monoisotopic (exact) mass is 448 g/mol. The number of aliphatic imine (C=N–C) groups is 1. The summed E-state index contributed by atoms with van der Waals surface area (Å²) in [6.07, 6.45) is 7.03. The maximum absolute atomic E-state index is 9.40. The minimum Gasteiger partial charge on any atom is -0.397 e. The second kappa shape index (κ2) is 7.14. The normalized spacial score (nSPS) is 14.7. The molecule has 1 atom stereocenters. The van der Waals surface area contributed by atoms with Crippen LogP contribution in [0.3, 0.4) is 0 Å². The third-order valence-electron chi connectivity index (χ3n) is 4.43. The number of imidazole rings is 1. The van der Waals surface area contributed by atoms with Gasteiger partial charge in [-0.1, -0.05) is 6.07 Å². The Kier molecular flexibility index (Phi) is 4.50. The molecule has 0 fully saturated rings. The predicted molar refractivity (Wildman–Crippen MR) is 111 cm³/mol. The fourth-order valence-corrected chi connectivity index (χ4v) is 3.73. The van der Waals surface area contributed by atoms with Gasteiger partial charge in [0.05, 0.1) is 17.7 Å². The van der Waals surface area contributed by atoms with Gasteiger partial charge in [-0.25, -0.2) is 15.0 Å². The molecule has 0 aliphatic carbocycles. The summed E-state index contributed by atoms with van der Waals surface area (Å²) >= 11 is 3.58. The van der Waals surface area contributed by atoms with Gasteiger partial charge in [0.2, 0.25) is 5.96 Å². The van der Waals surface area contributed by atoms with Crippen LogP contribution in [-0.2, 0) is 0 Å². The molecular formula is C18H13BrN10. The van der Waals surface area contributed by atoms with Gasteiger partial charge < -0.3 is 21.4 Å². The molecule has 1 unspecified atom stereocenters. The van der Waals surface area contributed by atoms with Gasteiger partial charge in [0, 0.05) is 22.4 Å². The number of pyridine rings is 1. The Bertz CT molecular complexity index is 1220. The van der Waals surface area contributed by atoms with Gasteiger partial charge in [-0.3, -0.25) is 5.32 Å². The van der Waals surface area contributed by atoms with E-state index in [1.807, 2.05) is 41.2 Å². The number of aromatic nitrogens is 3. The maximum Gasteiger partial charge on any atom is 0.211 e. The van der Waals surface area contributed by atoms with Gasteiger partial charge in [-0.2, -0.15) is 10.5 Å². The molecule has 0 saturated heterocycles. The zero-order valence-corrected chi connectivity index (χ0v) is 16.3. The molecule has 6 N–H and O–H groups in total. The molecule has 0 bridgehead atoms. The number of nitrogens with two attached hydrogens (primary N) is 2. The molecule has 3 aromatic rings. The van der Waals surface area contributed by atoms with Crippen molar-refractivity contribution >= 4 is 39.2 Å². The van der Waals surface area contributed by atoms with Crippen molar-refractivity contribution in [3.8, 4) is 17.9 Å². The fourth-order valence-electron chi connectivity index (χ4n) is 3.13. The SMILES string of the molecule is N#CNC1=NC(c2ccc(-n3ccnc3)c(Br)c2)c2c(nc(N)c(C#N)c2N)N1. The quantitative estimate of drug-likeness (QED) is 0.340. The second-order valence-corrected chi connectivity index (χ2v) is 6.94. The Morgan fingerprint density at radius 2 is 2.10 bits per heavy atom. The zero-order chi connectivity index (χ0) is 20.5. The number of hydrogen-bond donors (Lipinski definition) is 4. The molecule has 11 heteroatoms. The third-order valence-corrected chi connectivity index (χ3v) is 5.06. The van der Waals surface area contributed by atoms with Crippen LogP contribution in [0.15, 0.2) is 46.4 Å². The Labute approximate surface area is 173 Å². The maximum atomic E-state index is 9.40. The summed E-state index contributed by atoms with van der Waals surface area (Å²) in [5.41, 5.74) is 14.6. The van der Waals surface area contributed by atoms with Crippen molar-refractivity contribution in [1.82, 2.24) is 19.9 Å². The van der Waals surface area contributed by atoms with E-state index in [1.54, 1.807) is 12.5 Å². The summed E-state index contributed by atoms with van der Waals surface area (Å²) in [4.78, 5) is 12.8. The van der Waals surface area contributed by atoms with Gasteiger partial charge >= 0.3 is 0 Å². The summed E-state index contributed by atoms with van der Waals surface area (Å²) in [6.45, 7) is 0. The van der Waals surface area contributed by atoms with Gasteiger partial charge in [0.25, 0.3) is 0 Å². The molecule has 3 heterocycles. The van der Waals surface area contributed by atoms with Crippen molar-refractivity contribution in [2.24, 2.45) is 4.99 Å². The first-order chi connectivity index (χ1) is 14.0. The van der Waals surface area contributed by atoms with Crippen molar-refractivity contribution in [3.05, 3.63) is 58.1 Å². The van der Waals surface area contributed by atoms with E-state index in [9.17, 15) is 5.26 Å². The summed E-state index contributed by atoms with van der Waals surface area (Å²) in [7, 11) is 0. The molecule has 29 heavy (non-hydrogen) atoms. The van der Waals surface area contributed by atoms with E-state index < -0.39 is 6.04 Å². The number of nitrogens with one attached hydrogen (secondary N) is 2. The van der Waals surface area contributed by atoms with E-state index in [1.165, 1.54) is 0 Å². The summed E-state index contributed by atoms with van der Waals surface area (Å²) in [5.74, 6) is 0.548. The molecule has 0 amide bonds. The van der Waals surface area contributed by atoms with E-state index >= 15 is 0 Å². The summed E-state index contributed by atoms with van der Waals surface area (Å²) in [5, 5.41) is 23.8. The van der Waals surface area contributed by atoms with E-state index in [0.29, 0.717) is 11.4 Å². The van der Waals surface area contributed by atoms with Crippen molar-refractivity contribution in [3.63, 3.8) is 0 Å². The number of hydrogen-bond acceptors (Lipinski definition) is 9. The number of fused-ring (bicyclic) bond motifs is 1. The van der Waals surface area contributed by atoms with Crippen LogP contribution in [0.4, 0.5) is 17.3 Å². The highest BCUT2D eigenvalue weighted by Gasteiger charge is 2.30. The highest BCUT2D eigenvalue weighted by molar-refractivity contribution is 9.10. The van der Waals surface area contributed by atoms with E-state index in [-0.39, 0.29) is 23.0 Å². The molecule has 1 aliphatic rings. The predicted octanol–water partition coefficient (Wildman–Crippen LogP) is 2.01. The number of benzene rings is 1. The molecule has 142 valence electrons. The Morgan fingerprint density at radius 1 is 1.28 bits per heavy atom. The van der Waals surface area contributed by atoms with Gasteiger partial charge in [0.15, 0.2) is 6.19 Å². The highest BCUT2D eigenvalue weighted by atomic mass is 79.9. The molecule has 1 aliphatic heterocycles. The lowest BCUT2D eigenvalue weighted by molar-refractivity contribution is 0.844.